The van der Waals surface area contributed by atoms with E-state index in [4.69, 9.17) is 28.9 Å². The van der Waals surface area contributed by atoms with Crippen molar-refractivity contribution in [2.24, 2.45) is 0 Å². The molecular formula is C25H25ClN4O3S2. The standard InChI is InChI=1S/C25H25ClN4O3S2/c26-18-7-5-16(6-8-18)19-3-1-2-4-20(19)28-23(33)21-15-35-24(29-21)17-10-13-30(14-11-17)25(34)27-12-9-22(31)32/h1-8,15,17H,9-14H2,(H,27,34)(H,28,33)(H,31,32). The van der Waals surface area contributed by atoms with Crippen LogP contribution >= 0.6 is 35.2 Å². The minimum Gasteiger partial charge on any atom is -0.481 e. The SMILES string of the molecule is O=C(O)CCNC(=S)N1CCC(c2nc(C(=O)Nc3ccccc3-c3ccc(Cl)cc3)cs2)CC1. The highest BCUT2D eigenvalue weighted by Crippen LogP contribution is 2.32. The van der Waals surface area contributed by atoms with Gasteiger partial charge in [0.2, 0.25) is 0 Å². The van der Waals surface area contributed by atoms with Crippen LogP contribution in [0.3, 0.4) is 0 Å². The van der Waals surface area contributed by atoms with Crippen molar-refractivity contribution < 1.29 is 14.7 Å². The predicted molar refractivity (Wildman–Crippen MR) is 143 cm³/mol. The van der Waals surface area contributed by atoms with Crippen LogP contribution < -0.4 is 10.6 Å². The van der Waals surface area contributed by atoms with E-state index in [9.17, 15) is 9.59 Å². The molecule has 3 N–H and O–H groups in total. The number of carbonyl (C=O) groups excluding carboxylic acids is 1. The summed E-state index contributed by atoms with van der Waals surface area (Å²) in [5.41, 5.74) is 3.00. The van der Waals surface area contributed by atoms with Gasteiger partial charge in [-0.05, 0) is 48.8 Å². The smallest absolute Gasteiger partial charge is 0.305 e. The monoisotopic (exact) mass is 528 g/mol. The number of carboxylic acid groups (broad SMARTS) is 1. The zero-order chi connectivity index (χ0) is 24.8. The second kappa shape index (κ2) is 11.6. The van der Waals surface area contributed by atoms with E-state index >= 15 is 0 Å². The van der Waals surface area contributed by atoms with E-state index in [2.05, 4.69) is 20.5 Å². The van der Waals surface area contributed by atoms with Crippen LogP contribution in [0.15, 0.2) is 53.9 Å². The molecule has 0 unspecified atom stereocenters. The van der Waals surface area contributed by atoms with Gasteiger partial charge in [-0.25, -0.2) is 4.98 Å². The summed E-state index contributed by atoms with van der Waals surface area (Å²) in [7, 11) is 0. The van der Waals surface area contributed by atoms with Crippen LogP contribution in [-0.4, -0.2) is 51.6 Å². The topological polar surface area (TPSA) is 94.6 Å². The molecule has 1 saturated heterocycles. The Labute approximate surface area is 218 Å². The largest absolute Gasteiger partial charge is 0.481 e. The van der Waals surface area contributed by atoms with E-state index in [1.165, 1.54) is 11.3 Å². The molecule has 0 atom stereocenters. The number of hydrogen-bond acceptors (Lipinski definition) is 5. The number of benzene rings is 2. The van der Waals surface area contributed by atoms with Crippen molar-refractivity contribution in [2.75, 3.05) is 25.0 Å². The Hall–Kier alpha value is -3.01. The van der Waals surface area contributed by atoms with Crippen LogP contribution in [0.25, 0.3) is 11.1 Å². The van der Waals surface area contributed by atoms with Crippen LogP contribution in [0.5, 0.6) is 0 Å². The number of thiazole rings is 1. The molecule has 2 heterocycles. The Balaban J connectivity index is 1.35. The van der Waals surface area contributed by atoms with E-state index in [0.29, 0.717) is 28.1 Å². The molecule has 182 valence electrons. The highest BCUT2D eigenvalue weighted by atomic mass is 35.5. The molecule has 0 bridgehead atoms. The highest BCUT2D eigenvalue weighted by Gasteiger charge is 2.25. The molecule has 1 amide bonds. The van der Waals surface area contributed by atoms with Gasteiger partial charge in [-0.2, -0.15) is 0 Å². The van der Waals surface area contributed by atoms with Gasteiger partial charge in [0.05, 0.1) is 11.4 Å². The molecule has 2 aromatic carbocycles. The number of anilines is 1. The molecule has 1 aliphatic rings. The van der Waals surface area contributed by atoms with Gasteiger partial charge >= 0.3 is 5.97 Å². The van der Waals surface area contributed by atoms with Crippen molar-refractivity contribution >= 4 is 57.8 Å². The molecule has 0 spiro atoms. The van der Waals surface area contributed by atoms with E-state index in [0.717, 1.165) is 42.1 Å². The summed E-state index contributed by atoms with van der Waals surface area (Å²) in [6, 6.07) is 15.1. The Morgan fingerprint density at radius 3 is 2.57 bits per heavy atom. The number of halogens is 1. The number of rotatable bonds is 7. The first-order valence-corrected chi connectivity index (χ1v) is 12.9. The number of para-hydroxylation sites is 1. The summed E-state index contributed by atoms with van der Waals surface area (Å²) < 4.78 is 0. The Bertz CT molecular complexity index is 1210. The minimum atomic E-state index is -0.851. The average molecular weight is 529 g/mol. The van der Waals surface area contributed by atoms with Gasteiger partial charge in [-0.15, -0.1) is 11.3 Å². The molecule has 7 nitrogen and oxygen atoms in total. The summed E-state index contributed by atoms with van der Waals surface area (Å²) in [5.74, 6) is -0.827. The number of likely N-dealkylation sites (tertiary alicyclic amines) is 1. The third-order valence-electron chi connectivity index (χ3n) is 5.83. The highest BCUT2D eigenvalue weighted by molar-refractivity contribution is 7.80. The average Bonchev–Trinajstić information content (AvgIpc) is 3.35. The lowest BCUT2D eigenvalue weighted by molar-refractivity contribution is -0.136. The lowest BCUT2D eigenvalue weighted by Gasteiger charge is -2.33. The lowest BCUT2D eigenvalue weighted by Crippen LogP contribution is -2.44. The zero-order valence-electron chi connectivity index (χ0n) is 18.9. The zero-order valence-corrected chi connectivity index (χ0v) is 21.3. The number of aliphatic carboxylic acids is 1. The van der Waals surface area contributed by atoms with Crippen molar-refractivity contribution in [3.05, 3.63) is 69.6 Å². The number of hydrogen-bond donors (Lipinski definition) is 3. The second-order valence-electron chi connectivity index (χ2n) is 8.21. The molecule has 3 aromatic rings. The van der Waals surface area contributed by atoms with E-state index in [1.807, 2.05) is 48.5 Å². The van der Waals surface area contributed by atoms with Gasteiger partial charge in [0.25, 0.3) is 5.91 Å². The lowest BCUT2D eigenvalue weighted by atomic mass is 9.98. The molecule has 4 rings (SSSR count). The summed E-state index contributed by atoms with van der Waals surface area (Å²) >= 11 is 12.9. The summed E-state index contributed by atoms with van der Waals surface area (Å²) in [6.07, 6.45) is 1.77. The fourth-order valence-electron chi connectivity index (χ4n) is 3.96. The van der Waals surface area contributed by atoms with Gasteiger partial charge in [0.15, 0.2) is 5.11 Å². The van der Waals surface area contributed by atoms with Crippen LogP contribution in [0.1, 0.15) is 40.7 Å². The van der Waals surface area contributed by atoms with Gasteiger partial charge in [0.1, 0.15) is 5.69 Å². The third-order valence-corrected chi connectivity index (χ3v) is 7.49. The summed E-state index contributed by atoms with van der Waals surface area (Å²) in [4.78, 5) is 30.3. The van der Waals surface area contributed by atoms with Crippen LogP contribution in [-0.2, 0) is 4.79 Å². The first kappa shape index (κ1) is 25.1. The first-order chi connectivity index (χ1) is 16.9. The first-order valence-electron chi connectivity index (χ1n) is 11.3. The molecule has 10 heteroatoms. The Morgan fingerprint density at radius 1 is 1.14 bits per heavy atom. The van der Waals surface area contributed by atoms with Crippen LogP contribution in [0, 0.1) is 0 Å². The van der Waals surface area contributed by atoms with E-state index < -0.39 is 5.97 Å². The maximum atomic E-state index is 13.0. The van der Waals surface area contributed by atoms with E-state index in [1.54, 1.807) is 5.38 Å². The molecule has 1 aromatic heterocycles. The molecule has 35 heavy (non-hydrogen) atoms. The number of aromatic nitrogens is 1. The fourth-order valence-corrected chi connectivity index (χ4v) is 5.34. The molecule has 1 aliphatic heterocycles. The number of nitrogens with one attached hydrogen (secondary N) is 2. The van der Waals surface area contributed by atoms with Crippen molar-refractivity contribution in [1.82, 2.24) is 15.2 Å². The maximum absolute atomic E-state index is 13.0. The number of thiocarbonyl (C=S) groups is 1. The normalized spacial score (nSPS) is 13.9. The van der Waals surface area contributed by atoms with Crippen LogP contribution in [0.2, 0.25) is 5.02 Å². The summed E-state index contributed by atoms with van der Waals surface area (Å²) in [6.45, 7) is 1.85. The third kappa shape index (κ3) is 6.56. The van der Waals surface area contributed by atoms with Gasteiger partial charge < -0.3 is 20.6 Å². The van der Waals surface area contributed by atoms with E-state index in [-0.39, 0.29) is 18.2 Å². The Kier molecular flexibility index (Phi) is 8.33. The number of carbonyl (C=O) groups is 2. The quantitative estimate of drug-likeness (QED) is 0.361. The molecule has 0 saturated carbocycles. The van der Waals surface area contributed by atoms with Crippen molar-refractivity contribution in [3.63, 3.8) is 0 Å². The fraction of sp³-hybridized carbons (Fsp3) is 0.280. The van der Waals surface area contributed by atoms with Gasteiger partial charge in [0, 0.05) is 47.2 Å². The number of nitrogens with zero attached hydrogens (tertiary/aromatic N) is 2. The number of piperidine rings is 1. The van der Waals surface area contributed by atoms with Crippen LogP contribution in [0.4, 0.5) is 5.69 Å². The molecule has 0 aliphatic carbocycles. The minimum absolute atomic E-state index is 0.0325. The van der Waals surface area contributed by atoms with Gasteiger partial charge in [-0.1, -0.05) is 41.9 Å². The summed E-state index contributed by atoms with van der Waals surface area (Å²) in [5, 5.41) is 18.8. The van der Waals surface area contributed by atoms with Crippen molar-refractivity contribution in [3.8, 4) is 11.1 Å². The number of amides is 1. The van der Waals surface area contributed by atoms with Crippen molar-refractivity contribution in [1.29, 1.82) is 0 Å². The molecule has 0 radical (unpaired) electrons. The predicted octanol–water partition coefficient (Wildman–Crippen LogP) is 5.24. The molecule has 1 fully saturated rings. The van der Waals surface area contributed by atoms with Gasteiger partial charge in [-0.3, -0.25) is 9.59 Å². The van der Waals surface area contributed by atoms with Crippen molar-refractivity contribution in [2.45, 2.75) is 25.2 Å². The maximum Gasteiger partial charge on any atom is 0.305 e. The molecular weight excluding hydrogens is 504 g/mol. The second-order valence-corrected chi connectivity index (χ2v) is 9.93. The Morgan fingerprint density at radius 2 is 1.86 bits per heavy atom. The number of carboxylic acids is 1.